The monoisotopic (exact) mass is 490 g/mol. The van der Waals surface area contributed by atoms with Crippen LogP contribution in [0.2, 0.25) is 0 Å². The minimum Gasteiger partial charge on any atom is -0.480 e. The van der Waals surface area contributed by atoms with Crippen LogP contribution in [0, 0.1) is 0 Å². The van der Waals surface area contributed by atoms with Gasteiger partial charge in [-0.25, -0.2) is 4.79 Å². The molecule has 0 aliphatic heterocycles. The molecule has 0 aromatic carbocycles. The molecule has 0 aliphatic carbocycles. The Kier molecular flexibility index (Phi) is 16.5. The van der Waals surface area contributed by atoms with E-state index in [2.05, 4.69) is 20.9 Å². The number of nitrogens with one attached hydrogen (secondary N) is 3. The Bertz CT molecular complexity index is 660. The van der Waals surface area contributed by atoms with Gasteiger partial charge < -0.3 is 44.0 Å². The Morgan fingerprint density at radius 1 is 0.970 bits per heavy atom. The highest BCUT2D eigenvalue weighted by Crippen LogP contribution is 2.04. The zero-order valence-corrected chi connectivity index (χ0v) is 19.9. The zero-order valence-electron chi connectivity index (χ0n) is 19.0. The van der Waals surface area contributed by atoms with Crippen molar-refractivity contribution in [1.29, 1.82) is 0 Å². The number of aliphatic carboxylic acids is 1. The van der Waals surface area contributed by atoms with Crippen LogP contribution < -0.4 is 38.9 Å². The van der Waals surface area contributed by atoms with Gasteiger partial charge in [-0.15, -0.1) is 0 Å². The molecule has 0 radical (unpaired) electrons. The quantitative estimate of drug-likeness (QED) is 0.0566. The van der Waals surface area contributed by atoms with Crippen molar-refractivity contribution >= 4 is 41.4 Å². The maximum atomic E-state index is 12.6. The zero-order chi connectivity index (χ0) is 25.2. The highest BCUT2D eigenvalue weighted by Gasteiger charge is 2.26. The number of carboxylic acids is 1. The smallest absolute Gasteiger partial charge is 0.326 e. The van der Waals surface area contributed by atoms with E-state index in [1.807, 2.05) is 6.26 Å². The summed E-state index contributed by atoms with van der Waals surface area (Å²) in [5, 5.41) is 16.8. The molecule has 0 saturated carbocycles. The first-order valence-corrected chi connectivity index (χ1v) is 12.1. The van der Waals surface area contributed by atoms with Crippen molar-refractivity contribution in [2.75, 3.05) is 31.6 Å². The van der Waals surface area contributed by atoms with Crippen molar-refractivity contribution in [3.05, 3.63) is 0 Å². The summed E-state index contributed by atoms with van der Waals surface area (Å²) < 4.78 is 0. The van der Waals surface area contributed by atoms with Crippen LogP contribution in [-0.4, -0.2) is 84.5 Å². The normalized spacial score (nSPS) is 13.3. The van der Waals surface area contributed by atoms with E-state index >= 15 is 0 Å². The number of unbranched alkanes of at least 4 members (excludes halogenated alkanes) is 1. The summed E-state index contributed by atoms with van der Waals surface area (Å²) in [7, 11) is 0. The van der Waals surface area contributed by atoms with Crippen molar-refractivity contribution in [1.82, 2.24) is 16.0 Å². The van der Waals surface area contributed by atoms with Gasteiger partial charge in [-0.2, -0.15) is 11.8 Å². The van der Waals surface area contributed by atoms with Crippen LogP contribution >= 0.6 is 11.8 Å². The van der Waals surface area contributed by atoms with E-state index in [4.69, 9.17) is 22.9 Å². The predicted molar refractivity (Wildman–Crippen MR) is 128 cm³/mol. The molecule has 12 N–H and O–H groups in total. The number of hydrogen-bond acceptors (Lipinski definition) is 8. The summed E-state index contributed by atoms with van der Waals surface area (Å²) in [6, 6.07) is -2.87. The lowest BCUT2D eigenvalue weighted by molar-refractivity contribution is -0.142. The maximum Gasteiger partial charge on any atom is 0.326 e. The van der Waals surface area contributed by atoms with Crippen LogP contribution in [0.25, 0.3) is 0 Å². The number of amides is 3. The molecule has 3 atom stereocenters. The van der Waals surface area contributed by atoms with Gasteiger partial charge in [0.2, 0.25) is 17.7 Å². The SMILES string of the molecule is CSCCC(NC(=O)CNC(=O)C(N)CCCCN)C(=O)NC(CCCN=C(N)N)C(=O)O. The third kappa shape index (κ3) is 15.0. The summed E-state index contributed by atoms with van der Waals surface area (Å²) in [6.07, 6.45) is 4.47. The fourth-order valence-electron chi connectivity index (χ4n) is 2.72. The predicted octanol–water partition coefficient (Wildman–Crippen LogP) is -2.58. The van der Waals surface area contributed by atoms with Crippen LogP contribution in [0.5, 0.6) is 0 Å². The van der Waals surface area contributed by atoms with Gasteiger partial charge in [-0.1, -0.05) is 6.42 Å². The minimum atomic E-state index is -1.21. The molecule has 13 nitrogen and oxygen atoms in total. The van der Waals surface area contributed by atoms with Gasteiger partial charge in [0.05, 0.1) is 12.6 Å². The topological polar surface area (TPSA) is 241 Å². The van der Waals surface area contributed by atoms with Crippen LogP contribution in [0.3, 0.4) is 0 Å². The Morgan fingerprint density at radius 3 is 2.24 bits per heavy atom. The number of thioether (sulfide) groups is 1. The first-order chi connectivity index (χ1) is 15.6. The Balaban J connectivity index is 4.80. The van der Waals surface area contributed by atoms with E-state index in [-0.39, 0.29) is 31.9 Å². The molecule has 0 heterocycles. The molecule has 3 unspecified atom stereocenters. The summed E-state index contributed by atoms with van der Waals surface area (Å²) in [5.41, 5.74) is 21.6. The highest BCUT2D eigenvalue weighted by atomic mass is 32.2. The average Bonchev–Trinajstić information content (AvgIpc) is 2.76. The molecule has 0 rings (SSSR count). The fraction of sp³-hybridized carbons (Fsp3) is 0.737. The van der Waals surface area contributed by atoms with Crippen LogP contribution in [-0.2, 0) is 19.2 Å². The summed E-state index contributed by atoms with van der Waals surface area (Å²) in [4.78, 5) is 52.2. The summed E-state index contributed by atoms with van der Waals surface area (Å²) in [5.74, 6) is -2.44. The van der Waals surface area contributed by atoms with E-state index < -0.39 is 41.8 Å². The first-order valence-electron chi connectivity index (χ1n) is 10.7. The number of hydrogen-bond donors (Lipinski definition) is 8. The van der Waals surface area contributed by atoms with Gasteiger partial charge in [-0.3, -0.25) is 19.4 Å². The molecular weight excluding hydrogens is 452 g/mol. The number of carbonyl (C=O) groups is 4. The largest absolute Gasteiger partial charge is 0.480 e. The van der Waals surface area contributed by atoms with Crippen LogP contribution in [0.4, 0.5) is 0 Å². The Morgan fingerprint density at radius 2 is 1.67 bits per heavy atom. The van der Waals surface area contributed by atoms with E-state index in [1.54, 1.807) is 0 Å². The maximum absolute atomic E-state index is 12.6. The number of carboxylic acid groups (broad SMARTS) is 1. The molecule has 33 heavy (non-hydrogen) atoms. The van der Waals surface area contributed by atoms with Gasteiger partial charge in [0.1, 0.15) is 12.1 Å². The molecule has 0 spiro atoms. The van der Waals surface area contributed by atoms with E-state index in [0.717, 1.165) is 6.42 Å². The van der Waals surface area contributed by atoms with Crippen molar-refractivity contribution in [3.8, 4) is 0 Å². The lowest BCUT2D eigenvalue weighted by Crippen LogP contribution is -2.54. The third-order valence-corrected chi connectivity index (χ3v) is 5.20. The Labute approximate surface area is 198 Å². The molecule has 190 valence electrons. The highest BCUT2D eigenvalue weighted by molar-refractivity contribution is 7.98. The molecule has 0 saturated heterocycles. The number of nitrogens with zero attached hydrogens (tertiary/aromatic N) is 1. The standard InChI is InChI=1S/C19H38N8O5S/c1-33-10-7-13(17(30)27-14(18(31)32)6-4-9-24-19(22)23)26-15(28)11-25-16(29)12(21)5-2-3-8-20/h12-14H,2-11,20-21H2,1H3,(H,25,29)(H,26,28)(H,27,30)(H,31,32)(H4,22,23,24). The van der Waals surface area contributed by atoms with Crippen molar-refractivity contribution < 1.29 is 24.3 Å². The van der Waals surface area contributed by atoms with Crippen LogP contribution in [0.15, 0.2) is 4.99 Å². The number of carbonyl (C=O) groups excluding carboxylic acids is 3. The summed E-state index contributed by atoms with van der Waals surface area (Å²) in [6.45, 7) is 0.380. The molecule has 0 aliphatic rings. The molecule has 0 aromatic rings. The fourth-order valence-corrected chi connectivity index (χ4v) is 3.19. The van der Waals surface area contributed by atoms with Crippen molar-refractivity contribution in [2.24, 2.45) is 27.9 Å². The molecular formula is C19H38N8O5S. The van der Waals surface area contributed by atoms with Gasteiger partial charge in [0, 0.05) is 6.54 Å². The van der Waals surface area contributed by atoms with Crippen molar-refractivity contribution in [3.63, 3.8) is 0 Å². The minimum absolute atomic E-state index is 0.102. The van der Waals surface area contributed by atoms with E-state index in [9.17, 15) is 24.3 Å². The van der Waals surface area contributed by atoms with Gasteiger partial charge in [0.25, 0.3) is 0 Å². The molecule has 14 heteroatoms. The lowest BCUT2D eigenvalue weighted by Gasteiger charge is -2.21. The van der Waals surface area contributed by atoms with Gasteiger partial charge in [-0.05, 0) is 50.7 Å². The molecule has 0 aromatic heterocycles. The lowest BCUT2D eigenvalue weighted by atomic mass is 10.1. The van der Waals surface area contributed by atoms with E-state index in [1.165, 1.54) is 11.8 Å². The average molecular weight is 491 g/mol. The second-order valence-corrected chi connectivity index (χ2v) is 8.34. The second-order valence-electron chi connectivity index (χ2n) is 7.36. The Hall–Kier alpha value is -2.58. The number of rotatable bonds is 18. The number of nitrogens with two attached hydrogens (primary N) is 4. The number of guanidine groups is 1. The van der Waals surface area contributed by atoms with Crippen molar-refractivity contribution in [2.45, 2.75) is 56.7 Å². The third-order valence-electron chi connectivity index (χ3n) is 4.55. The van der Waals surface area contributed by atoms with Gasteiger partial charge in [0.15, 0.2) is 5.96 Å². The molecule has 3 amide bonds. The number of aliphatic imine (C=N–C) groups is 1. The molecule has 0 fully saturated rings. The summed E-state index contributed by atoms with van der Waals surface area (Å²) >= 11 is 1.47. The first kappa shape index (κ1) is 30.4. The van der Waals surface area contributed by atoms with Crippen LogP contribution in [0.1, 0.15) is 38.5 Å². The van der Waals surface area contributed by atoms with Gasteiger partial charge >= 0.3 is 5.97 Å². The van der Waals surface area contributed by atoms with E-state index in [0.29, 0.717) is 31.6 Å². The molecule has 0 bridgehead atoms. The second kappa shape index (κ2) is 17.9.